The van der Waals surface area contributed by atoms with Gasteiger partial charge in [0.25, 0.3) is 0 Å². The smallest absolute Gasteiger partial charge is 0.0590 e. The molecule has 0 radical (unpaired) electrons. The third kappa shape index (κ3) is 2.80. The highest BCUT2D eigenvalue weighted by Gasteiger charge is 2.18. The van der Waals surface area contributed by atoms with Crippen LogP contribution in [0.3, 0.4) is 0 Å². The molecule has 3 heteroatoms. The first kappa shape index (κ1) is 10.1. The van der Waals surface area contributed by atoms with Gasteiger partial charge in [-0.2, -0.15) is 0 Å². The van der Waals surface area contributed by atoms with Crippen LogP contribution in [-0.4, -0.2) is 18.8 Å². The Bertz CT molecular complexity index is 254. The van der Waals surface area contributed by atoms with Gasteiger partial charge in [0.1, 0.15) is 0 Å². The molecule has 0 spiro atoms. The molecule has 2 heterocycles. The second-order valence-electron chi connectivity index (χ2n) is 3.91. The Labute approximate surface area is 89.1 Å². The van der Waals surface area contributed by atoms with Crippen LogP contribution in [0, 0.1) is 0 Å². The van der Waals surface area contributed by atoms with E-state index in [-0.39, 0.29) is 6.04 Å². The zero-order valence-corrected chi connectivity index (χ0v) is 9.13. The molecule has 1 aliphatic rings. The van der Waals surface area contributed by atoms with Gasteiger partial charge in [-0.15, -0.1) is 11.3 Å². The van der Waals surface area contributed by atoms with Crippen LogP contribution in [-0.2, 0) is 11.2 Å². The number of hydrogen-bond donors (Lipinski definition) is 1. The summed E-state index contributed by atoms with van der Waals surface area (Å²) in [6.45, 7) is 0.927. The van der Waals surface area contributed by atoms with Gasteiger partial charge in [-0.25, -0.2) is 0 Å². The van der Waals surface area contributed by atoms with Crippen LogP contribution in [0.2, 0.25) is 0 Å². The SMILES string of the molecule is NC(Cc1cccs1)CC1CCCO1. The molecule has 1 saturated heterocycles. The van der Waals surface area contributed by atoms with Crippen molar-refractivity contribution in [2.45, 2.75) is 37.8 Å². The molecule has 0 aromatic carbocycles. The van der Waals surface area contributed by atoms with Crippen LogP contribution in [0.5, 0.6) is 0 Å². The lowest BCUT2D eigenvalue weighted by atomic mass is 10.0. The predicted molar refractivity (Wildman–Crippen MR) is 59.6 cm³/mol. The van der Waals surface area contributed by atoms with Crippen molar-refractivity contribution in [2.24, 2.45) is 5.73 Å². The summed E-state index contributed by atoms with van der Waals surface area (Å²) < 4.78 is 5.57. The molecule has 0 aliphatic carbocycles. The molecule has 78 valence electrons. The second kappa shape index (κ2) is 4.91. The van der Waals surface area contributed by atoms with E-state index in [1.54, 1.807) is 11.3 Å². The molecular weight excluding hydrogens is 194 g/mol. The van der Waals surface area contributed by atoms with Crippen molar-refractivity contribution in [3.63, 3.8) is 0 Å². The fourth-order valence-corrected chi connectivity index (χ4v) is 2.74. The molecule has 1 aromatic rings. The van der Waals surface area contributed by atoms with E-state index in [0.717, 1.165) is 19.4 Å². The maximum absolute atomic E-state index is 6.07. The highest BCUT2D eigenvalue weighted by molar-refractivity contribution is 7.09. The molecule has 1 aliphatic heterocycles. The first-order valence-electron chi connectivity index (χ1n) is 5.24. The molecule has 2 N–H and O–H groups in total. The average Bonchev–Trinajstić information content (AvgIpc) is 2.76. The summed E-state index contributed by atoms with van der Waals surface area (Å²) in [6, 6.07) is 4.50. The lowest BCUT2D eigenvalue weighted by Crippen LogP contribution is -2.27. The Morgan fingerprint density at radius 3 is 3.21 bits per heavy atom. The van der Waals surface area contributed by atoms with Gasteiger partial charge in [-0.05, 0) is 37.1 Å². The summed E-state index contributed by atoms with van der Waals surface area (Å²) in [5.74, 6) is 0. The summed E-state index contributed by atoms with van der Waals surface area (Å²) in [5, 5.41) is 2.11. The van der Waals surface area contributed by atoms with E-state index < -0.39 is 0 Å². The molecular formula is C11H17NOS. The van der Waals surface area contributed by atoms with Crippen molar-refractivity contribution in [3.05, 3.63) is 22.4 Å². The molecule has 2 nitrogen and oxygen atoms in total. The third-order valence-corrected chi connectivity index (χ3v) is 3.53. The molecule has 2 atom stereocenters. The molecule has 0 amide bonds. The normalized spacial score (nSPS) is 23.9. The maximum atomic E-state index is 6.07. The largest absolute Gasteiger partial charge is 0.378 e. The molecule has 2 unspecified atom stereocenters. The van der Waals surface area contributed by atoms with Gasteiger partial charge >= 0.3 is 0 Å². The fourth-order valence-electron chi connectivity index (χ4n) is 1.94. The molecule has 2 rings (SSSR count). The van der Waals surface area contributed by atoms with E-state index in [4.69, 9.17) is 10.5 Å². The first-order chi connectivity index (χ1) is 6.84. The van der Waals surface area contributed by atoms with E-state index >= 15 is 0 Å². The summed E-state index contributed by atoms with van der Waals surface area (Å²) in [4.78, 5) is 1.38. The molecule has 14 heavy (non-hydrogen) atoms. The second-order valence-corrected chi connectivity index (χ2v) is 4.95. The minimum atomic E-state index is 0.261. The minimum Gasteiger partial charge on any atom is -0.378 e. The number of rotatable bonds is 4. The van der Waals surface area contributed by atoms with Crippen LogP contribution in [0.25, 0.3) is 0 Å². The highest BCUT2D eigenvalue weighted by Crippen LogP contribution is 2.19. The van der Waals surface area contributed by atoms with Crippen molar-refractivity contribution in [1.82, 2.24) is 0 Å². The van der Waals surface area contributed by atoms with Crippen LogP contribution >= 0.6 is 11.3 Å². The van der Waals surface area contributed by atoms with Crippen molar-refractivity contribution in [1.29, 1.82) is 0 Å². The third-order valence-electron chi connectivity index (χ3n) is 2.63. The summed E-state index contributed by atoms with van der Waals surface area (Å²) in [6.07, 6.45) is 4.83. The quantitative estimate of drug-likeness (QED) is 0.828. The Kier molecular flexibility index (Phi) is 3.56. The van der Waals surface area contributed by atoms with E-state index in [1.165, 1.54) is 17.7 Å². The van der Waals surface area contributed by atoms with E-state index in [1.807, 2.05) is 0 Å². The molecule has 1 fully saturated rings. The topological polar surface area (TPSA) is 35.2 Å². The van der Waals surface area contributed by atoms with Gasteiger partial charge in [0.15, 0.2) is 0 Å². The number of ether oxygens (including phenoxy) is 1. The number of thiophene rings is 1. The highest BCUT2D eigenvalue weighted by atomic mass is 32.1. The lowest BCUT2D eigenvalue weighted by Gasteiger charge is -2.15. The van der Waals surface area contributed by atoms with E-state index in [0.29, 0.717) is 6.10 Å². The van der Waals surface area contributed by atoms with Gasteiger partial charge in [0.2, 0.25) is 0 Å². The molecule has 0 saturated carbocycles. The first-order valence-corrected chi connectivity index (χ1v) is 6.12. The Morgan fingerprint density at radius 1 is 1.64 bits per heavy atom. The van der Waals surface area contributed by atoms with Gasteiger partial charge < -0.3 is 10.5 Å². The van der Waals surface area contributed by atoms with E-state index in [2.05, 4.69) is 17.5 Å². The van der Waals surface area contributed by atoms with E-state index in [9.17, 15) is 0 Å². The summed E-state index contributed by atoms with van der Waals surface area (Å²) in [5.41, 5.74) is 6.07. The average molecular weight is 211 g/mol. The zero-order valence-electron chi connectivity index (χ0n) is 8.32. The predicted octanol–water partition coefficient (Wildman–Crippen LogP) is 2.19. The Balaban J connectivity index is 1.75. The van der Waals surface area contributed by atoms with Crippen LogP contribution in [0.15, 0.2) is 17.5 Å². The zero-order chi connectivity index (χ0) is 9.80. The molecule has 0 bridgehead atoms. The number of nitrogens with two attached hydrogens (primary N) is 1. The Morgan fingerprint density at radius 2 is 2.57 bits per heavy atom. The number of hydrogen-bond acceptors (Lipinski definition) is 3. The Hall–Kier alpha value is -0.380. The lowest BCUT2D eigenvalue weighted by molar-refractivity contribution is 0.0984. The van der Waals surface area contributed by atoms with Crippen LogP contribution in [0.4, 0.5) is 0 Å². The van der Waals surface area contributed by atoms with Crippen LogP contribution < -0.4 is 5.73 Å². The minimum absolute atomic E-state index is 0.261. The van der Waals surface area contributed by atoms with Crippen LogP contribution in [0.1, 0.15) is 24.1 Å². The fraction of sp³-hybridized carbons (Fsp3) is 0.636. The molecule has 1 aromatic heterocycles. The summed E-state index contributed by atoms with van der Waals surface area (Å²) in [7, 11) is 0. The summed E-state index contributed by atoms with van der Waals surface area (Å²) >= 11 is 1.79. The van der Waals surface area contributed by atoms with Crippen molar-refractivity contribution >= 4 is 11.3 Å². The van der Waals surface area contributed by atoms with Gasteiger partial charge in [-0.3, -0.25) is 0 Å². The maximum Gasteiger partial charge on any atom is 0.0590 e. The standard InChI is InChI=1S/C11H17NOS/c12-9(7-10-3-1-5-13-10)8-11-4-2-6-14-11/h2,4,6,9-10H,1,3,5,7-8,12H2. The van der Waals surface area contributed by atoms with Crippen molar-refractivity contribution in [3.8, 4) is 0 Å². The van der Waals surface area contributed by atoms with Gasteiger partial charge in [0, 0.05) is 17.5 Å². The van der Waals surface area contributed by atoms with Gasteiger partial charge in [0.05, 0.1) is 6.10 Å². The van der Waals surface area contributed by atoms with Crippen molar-refractivity contribution in [2.75, 3.05) is 6.61 Å². The monoisotopic (exact) mass is 211 g/mol. The van der Waals surface area contributed by atoms with Crippen molar-refractivity contribution < 1.29 is 4.74 Å². The van der Waals surface area contributed by atoms with Gasteiger partial charge in [-0.1, -0.05) is 6.07 Å².